The van der Waals surface area contributed by atoms with Crippen molar-refractivity contribution in [1.29, 1.82) is 0 Å². The van der Waals surface area contributed by atoms with Crippen molar-refractivity contribution in [2.45, 2.75) is 12.7 Å². The molecule has 0 aliphatic carbocycles. The molecule has 0 saturated heterocycles. The summed E-state index contributed by atoms with van der Waals surface area (Å²) in [5.74, 6) is 3.11. The summed E-state index contributed by atoms with van der Waals surface area (Å²) in [6.45, 7) is 2.57. The van der Waals surface area contributed by atoms with Gasteiger partial charge in [0.05, 0.1) is 5.75 Å². The molecule has 0 bridgehead atoms. The highest BCUT2D eigenvalue weighted by atomic mass is 32.2. The zero-order chi connectivity index (χ0) is 16.8. The Hall–Kier alpha value is -2.15. The molecule has 0 radical (unpaired) electrons. The molecule has 0 atom stereocenters. The van der Waals surface area contributed by atoms with Crippen molar-refractivity contribution in [1.82, 2.24) is 5.32 Å². The van der Waals surface area contributed by atoms with Crippen molar-refractivity contribution < 1.29 is 13.9 Å². The molecule has 0 aliphatic heterocycles. The maximum atomic E-state index is 11.9. The lowest BCUT2D eigenvalue weighted by molar-refractivity contribution is -0.605. The normalized spacial score (nSPS) is 10.6. The number of amides is 1. The zero-order valence-electron chi connectivity index (χ0n) is 13.5. The van der Waals surface area contributed by atoms with Crippen LogP contribution in [0.15, 0.2) is 35.0 Å². The summed E-state index contributed by atoms with van der Waals surface area (Å²) in [6.07, 6.45) is 2.61. The van der Waals surface area contributed by atoms with Crippen LogP contribution in [0.2, 0.25) is 0 Å². The van der Waals surface area contributed by atoms with Gasteiger partial charge in [0.15, 0.2) is 18.3 Å². The minimum absolute atomic E-state index is 0.236. The van der Waals surface area contributed by atoms with Crippen LogP contribution < -0.4 is 14.9 Å². The molecule has 2 aromatic rings. The highest BCUT2D eigenvalue weighted by Crippen LogP contribution is 2.24. The molecule has 2 aromatic heterocycles. The Labute approximate surface area is 140 Å². The second-order valence-electron chi connectivity index (χ2n) is 5.35. The van der Waals surface area contributed by atoms with Gasteiger partial charge in [-0.05, 0) is 18.6 Å². The fraction of sp³-hybridized carbons (Fsp3) is 0.375. The maximum absolute atomic E-state index is 11.9. The van der Waals surface area contributed by atoms with E-state index in [-0.39, 0.29) is 5.91 Å². The van der Waals surface area contributed by atoms with E-state index < -0.39 is 0 Å². The van der Waals surface area contributed by atoms with Crippen molar-refractivity contribution in [3.8, 4) is 0 Å². The van der Waals surface area contributed by atoms with Crippen LogP contribution in [0.5, 0.6) is 0 Å². The van der Waals surface area contributed by atoms with E-state index in [0.717, 1.165) is 28.7 Å². The topological polar surface area (TPSA) is 72.4 Å². The van der Waals surface area contributed by atoms with Crippen LogP contribution in [0, 0.1) is 12.1 Å². The molecule has 2 rings (SSSR count). The number of aryl methyl sites for hydroxylation is 1. The predicted molar refractivity (Wildman–Crippen MR) is 91.7 cm³/mol. The van der Waals surface area contributed by atoms with Crippen LogP contribution in [0.3, 0.4) is 0 Å². The highest BCUT2D eigenvalue weighted by Gasteiger charge is 2.10. The van der Waals surface area contributed by atoms with Gasteiger partial charge >= 0.3 is 0 Å². The van der Waals surface area contributed by atoms with Crippen LogP contribution in [0.25, 0.3) is 0 Å². The Morgan fingerprint density at radius 2 is 2.26 bits per heavy atom. The third kappa shape index (κ3) is 4.92. The van der Waals surface area contributed by atoms with E-state index in [1.54, 1.807) is 23.9 Å². The molecule has 0 spiro atoms. The minimum atomic E-state index is -0.236. The van der Waals surface area contributed by atoms with Crippen molar-refractivity contribution in [3.63, 3.8) is 0 Å². The first kappa shape index (κ1) is 17.2. The molecule has 6 nitrogen and oxygen atoms in total. The minimum Gasteiger partial charge on any atom is -0.619 e. The van der Waals surface area contributed by atoms with Crippen molar-refractivity contribution in [2.75, 3.05) is 31.3 Å². The summed E-state index contributed by atoms with van der Waals surface area (Å²) in [4.78, 5) is 13.8. The average Bonchev–Trinajstić information content (AvgIpc) is 2.88. The number of thioether (sulfide) groups is 1. The zero-order valence-corrected chi connectivity index (χ0v) is 14.4. The molecule has 1 amide bonds. The predicted octanol–water partition coefficient (Wildman–Crippen LogP) is 1.95. The van der Waals surface area contributed by atoms with E-state index in [1.165, 1.54) is 12.4 Å². The third-order valence-electron chi connectivity index (χ3n) is 3.25. The summed E-state index contributed by atoms with van der Waals surface area (Å²) in [5, 5.41) is 13.9. The number of carbonyl (C=O) groups is 1. The van der Waals surface area contributed by atoms with Gasteiger partial charge in [-0.2, -0.15) is 16.5 Å². The number of furan rings is 1. The first-order chi connectivity index (χ1) is 11.0. The van der Waals surface area contributed by atoms with Crippen LogP contribution in [-0.4, -0.2) is 32.3 Å². The Kier molecular flexibility index (Phi) is 5.92. The second-order valence-corrected chi connectivity index (χ2v) is 6.45. The Morgan fingerprint density at radius 3 is 2.91 bits per heavy atom. The summed E-state index contributed by atoms with van der Waals surface area (Å²) in [7, 11) is 3.89. The fourth-order valence-electron chi connectivity index (χ4n) is 1.96. The van der Waals surface area contributed by atoms with Gasteiger partial charge in [0.25, 0.3) is 5.91 Å². The average molecular weight is 335 g/mol. The maximum Gasteiger partial charge on any atom is 0.257 e. The molecule has 0 unspecified atom stereocenters. The number of aromatic nitrogens is 1. The molecular weight excluding hydrogens is 314 g/mol. The molecule has 1 N–H and O–H groups in total. The molecule has 0 aliphatic rings. The van der Waals surface area contributed by atoms with Crippen LogP contribution in [0.4, 0.5) is 5.88 Å². The molecule has 7 heteroatoms. The van der Waals surface area contributed by atoms with Gasteiger partial charge in [0.1, 0.15) is 11.3 Å². The summed E-state index contributed by atoms with van der Waals surface area (Å²) < 4.78 is 6.38. The molecular formula is C16H21N3O3S. The lowest BCUT2D eigenvalue weighted by Gasteiger charge is -2.07. The fourth-order valence-corrected chi connectivity index (χ4v) is 2.82. The summed E-state index contributed by atoms with van der Waals surface area (Å²) >= 11 is 1.69. The van der Waals surface area contributed by atoms with Gasteiger partial charge in [-0.1, -0.05) is 0 Å². The van der Waals surface area contributed by atoms with Crippen molar-refractivity contribution in [2.24, 2.45) is 0 Å². The van der Waals surface area contributed by atoms with Gasteiger partial charge in [-0.15, -0.1) is 0 Å². The molecule has 124 valence electrons. The first-order valence-electron chi connectivity index (χ1n) is 7.29. The van der Waals surface area contributed by atoms with Gasteiger partial charge < -0.3 is 19.8 Å². The molecule has 0 saturated carbocycles. The molecule has 23 heavy (non-hydrogen) atoms. The second kappa shape index (κ2) is 7.92. The number of nitrogens with zero attached hydrogens (tertiary/aromatic N) is 2. The number of rotatable bonds is 7. The largest absolute Gasteiger partial charge is 0.619 e. The van der Waals surface area contributed by atoms with Gasteiger partial charge in [-0.25, -0.2) is 0 Å². The third-order valence-corrected chi connectivity index (χ3v) is 4.21. The number of anilines is 1. The molecule has 0 fully saturated rings. The van der Waals surface area contributed by atoms with Gasteiger partial charge in [0, 0.05) is 38.5 Å². The Balaban J connectivity index is 1.73. The first-order valence-corrected chi connectivity index (χ1v) is 8.44. The Morgan fingerprint density at radius 1 is 1.48 bits per heavy atom. The molecule has 0 aromatic carbocycles. The lowest BCUT2D eigenvalue weighted by Crippen LogP contribution is -2.30. The number of pyridine rings is 1. The Bertz CT molecular complexity index is 670. The monoisotopic (exact) mass is 335 g/mol. The van der Waals surface area contributed by atoms with Crippen LogP contribution >= 0.6 is 11.8 Å². The van der Waals surface area contributed by atoms with E-state index in [9.17, 15) is 10.0 Å². The van der Waals surface area contributed by atoms with E-state index in [4.69, 9.17) is 4.42 Å². The number of nitrogens with one attached hydrogen (secondary N) is 1. The number of carbonyl (C=O) groups excluding carboxylic acids is 1. The van der Waals surface area contributed by atoms with Crippen molar-refractivity contribution in [3.05, 3.63) is 52.7 Å². The smallest absolute Gasteiger partial charge is 0.257 e. The SMILES string of the molecule is Cc1cc(N(C)C)oc1CSCCNC(=O)c1ccc[n+]([O-])c1. The van der Waals surface area contributed by atoms with Gasteiger partial charge in [0.2, 0.25) is 0 Å². The van der Waals surface area contributed by atoms with E-state index in [1.807, 2.05) is 32.0 Å². The van der Waals surface area contributed by atoms with Gasteiger partial charge in [-0.3, -0.25) is 4.79 Å². The van der Waals surface area contributed by atoms with Crippen LogP contribution in [-0.2, 0) is 5.75 Å². The highest BCUT2D eigenvalue weighted by molar-refractivity contribution is 7.98. The van der Waals surface area contributed by atoms with E-state index >= 15 is 0 Å². The lowest BCUT2D eigenvalue weighted by atomic mass is 10.3. The number of hydrogen-bond donors (Lipinski definition) is 1. The van der Waals surface area contributed by atoms with E-state index in [0.29, 0.717) is 16.8 Å². The quantitative estimate of drug-likeness (QED) is 0.476. The van der Waals surface area contributed by atoms with Crippen molar-refractivity contribution >= 4 is 23.6 Å². The number of hydrogen-bond acceptors (Lipinski definition) is 5. The van der Waals surface area contributed by atoms with Crippen LogP contribution in [0.1, 0.15) is 21.7 Å². The summed E-state index contributed by atoms with van der Waals surface area (Å²) in [5.41, 5.74) is 1.50. The molecule has 2 heterocycles. The van der Waals surface area contributed by atoms with E-state index in [2.05, 4.69) is 5.32 Å². The standard InChI is InChI=1S/C16H21N3O3S/c1-12-9-15(18(2)3)22-14(12)11-23-8-6-17-16(20)13-5-4-7-19(21)10-13/h4-5,7,9-10H,6,8,11H2,1-3H3,(H,17,20). The summed E-state index contributed by atoms with van der Waals surface area (Å²) in [6, 6.07) is 5.19.